The summed E-state index contributed by atoms with van der Waals surface area (Å²) in [7, 11) is 1.99. The molecule has 2 fully saturated rings. The van der Waals surface area contributed by atoms with E-state index in [0.29, 0.717) is 22.6 Å². The molecule has 2 aliphatic rings. The van der Waals surface area contributed by atoms with Crippen LogP contribution in [-0.4, -0.2) is 41.4 Å². The third-order valence-electron chi connectivity index (χ3n) is 5.23. The lowest BCUT2D eigenvalue weighted by molar-refractivity contribution is -0.134. The molecule has 1 saturated heterocycles. The maximum atomic E-state index is 12.8. The van der Waals surface area contributed by atoms with Gasteiger partial charge in [-0.3, -0.25) is 9.69 Å². The fraction of sp³-hybridized carbons (Fsp3) is 0.611. The number of likely N-dealkylation sites (tertiary alicyclic amines) is 1. The van der Waals surface area contributed by atoms with Gasteiger partial charge in [-0.1, -0.05) is 48.5 Å². The van der Waals surface area contributed by atoms with Crippen LogP contribution in [0.3, 0.4) is 0 Å². The van der Waals surface area contributed by atoms with Crippen LogP contribution in [0, 0.1) is 0 Å². The Morgan fingerprint density at radius 3 is 2.43 bits per heavy atom. The van der Waals surface area contributed by atoms with E-state index in [2.05, 4.69) is 9.80 Å². The van der Waals surface area contributed by atoms with Crippen LogP contribution < -0.4 is 0 Å². The second kappa shape index (κ2) is 7.42. The second-order valence-electron chi connectivity index (χ2n) is 6.74. The summed E-state index contributed by atoms with van der Waals surface area (Å²) >= 11 is 12.5. The molecule has 5 heteroatoms. The molecule has 0 aromatic heterocycles. The number of benzene rings is 1. The largest absolute Gasteiger partial charge is 0.338 e. The lowest BCUT2D eigenvalue weighted by Gasteiger charge is -2.32. The van der Waals surface area contributed by atoms with Crippen LogP contribution in [0.4, 0.5) is 0 Å². The van der Waals surface area contributed by atoms with Gasteiger partial charge in [0, 0.05) is 34.7 Å². The Kier molecular flexibility index (Phi) is 5.50. The molecule has 1 heterocycles. The molecule has 3 rings (SSSR count). The minimum absolute atomic E-state index is 0.0516. The average molecular weight is 355 g/mol. The van der Waals surface area contributed by atoms with Crippen LogP contribution in [0.5, 0.6) is 0 Å². The first-order valence-corrected chi connectivity index (χ1v) is 9.27. The van der Waals surface area contributed by atoms with Crippen molar-refractivity contribution in [3.63, 3.8) is 0 Å². The van der Waals surface area contributed by atoms with Crippen molar-refractivity contribution in [1.82, 2.24) is 9.80 Å². The van der Waals surface area contributed by atoms with E-state index in [-0.39, 0.29) is 11.9 Å². The van der Waals surface area contributed by atoms with Gasteiger partial charge in [0.05, 0.1) is 6.04 Å². The number of carbonyl (C=O) groups is 1. The van der Waals surface area contributed by atoms with Gasteiger partial charge >= 0.3 is 0 Å². The molecule has 1 saturated carbocycles. The highest BCUT2D eigenvalue weighted by molar-refractivity contribution is 6.35. The molecule has 3 nitrogen and oxygen atoms in total. The van der Waals surface area contributed by atoms with E-state index in [1.807, 2.05) is 25.2 Å². The summed E-state index contributed by atoms with van der Waals surface area (Å²) in [5, 5.41) is 1.33. The molecule has 126 valence electrons. The van der Waals surface area contributed by atoms with Gasteiger partial charge in [0.2, 0.25) is 5.91 Å². The van der Waals surface area contributed by atoms with Crippen molar-refractivity contribution < 1.29 is 4.79 Å². The highest BCUT2D eigenvalue weighted by Crippen LogP contribution is 2.30. The third kappa shape index (κ3) is 3.67. The van der Waals surface area contributed by atoms with Crippen molar-refractivity contribution >= 4 is 29.1 Å². The van der Waals surface area contributed by atoms with Crippen LogP contribution >= 0.6 is 23.2 Å². The molecule has 0 spiro atoms. The first-order valence-electron chi connectivity index (χ1n) is 8.51. The Morgan fingerprint density at radius 1 is 1.13 bits per heavy atom. The summed E-state index contributed by atoms with van der Waals surface area (Å²) in [5.41, 5.74) is 0.905. The van der Waals surface area contributed by atoms with Crippen LogP contribution in [0.1, 0.15) is 44.1 Å². The number of hydrogen-bond donors (Lipinski definition) is 0. The average Bonchev–Trinajstić information content (AvgIpc) is 2.93. The molecule has 1 aromatic carbocycles. The monoisotopic (exact) mass is 354 g/mol. The normalized spacial score (nSPS) is 23.0. The Hall–Kier alpha value is -0.770. The summed E-state index contributed by atoms with van der Waals surface area (Å²) in [4.78, 5) is 17.0. The summed E-state index contributed by atoms with van der Waals surface area (Å²) in [5.74, 6) is 0.280. The Balaban J connectivity index is 1.66. The fourth-order valence-corrected chi connectivity index (χ4v) is 4.41. The van der Waals surface area contributed by atoms with Gasteiger partial charge in [0.1, 0.15) is 0 Å². The van der Waals surface area contributed by atoms with E-state index >= 15 is 0 Å². The quantitative estimate of drug-likeness (QED) is 0.801. The van der Waals surface area contributed by atoms with E-state index in [4.69, 9.17) is 23.2 Å². The molecular weight excluding hydrogens is 331 g/mol. The summed E-state index contributed by atoms with van der Waals surface area (Å²) < 4.78 is 0. The third-order valence-corrected chi connectivity index (χ3v) is 5.94. The van der Waals surface area contributed by atoms with Gasteiger partial charge in [-0.2, -0.15) is 0 Å². The number of hydrogen-bond acceptors (Lipinski definition) is 2. The van der Waals surface area contributed by atoms with Crippen LogP contribution in [0.25, 0.3) is 0 Å². The fourth-order valence-electron chi connectivity index (χ4n) is 3.89. The topological polar surface area (TPSA) is 23.6 Å². The lowest BCUT2D eigenvalue weighted by atomic mass is 9.94. The maximum Gasteiger partial charge on any atom is 0.240 e. The molecule has 23 heavy (non-hydrogen) atoms. The molecule has 1 aliphatic heterocycles. The lowest BCUT2D eigenvalue weighted by Crippen LogP contribution is -2.44. The number of nitrogens with zero attached hydrogens (tertiary/aromatic N) is 2. The summed E-state index contributed by atoms with van der Waals surface area (Å²) in [6.07, 6.45) is 7.05. The van der Waals surface area contributed by atoms with E-state index in [1.54, 1.807) is 0 Å². The van der Waals surface area contributed by atoms with Gasteiger partial charge in [-0.15, -0.1) is 0 Å². The van der Waals surface area contributed by atoms with Crippen molar-refractivity contribution in [2.45, 2.75) is 57.2 Å². The van der Waals surface area contributed by atoms with E-state index < -0.39 is 0 Å². The molecule has 1 aromatic rings. The number of halogens is 2. The first-order chi connectivity index (χ1) is 11.1. The van der Waals surface area contributed by atoms with Crippen molar-refractivity contribution in [3.05, 3.63) is 33.8 Å². The molecule has 1 unspecified atom stereocenters. The molecule has 0 bridgehead atoms. The predicted octanol–water partition coefficient (Wildman–Crippen LogP) is 4.36. The Morgan fingerprint density at radius 2 is 1.78 bits per heavy atom. The second-order valence-corrected chi connectivity index (χ2v) is 7.56. The molecule has 1 amide bonds. The first kappa shape index (κ1) is 17.1. The van der Waals surface area contributed by atoms with Crippen molar-refractivity contribution in [2.24, 2.45) is 0 Å². The molecule has 0 N–H and O–H groups in total. The van der Waals surface area contributed by atoms with Gasteiger partial charge in [0.15, 0.2) is 0 Å². The molecule has 1 aliphatic carbocycles. The zero-order valence-electron chi connectivity index (χ0n) is 13.6. The highest BCUT2D eigenvalue weighted by Gasteiger charge is 2.38. The van der Waals surface area contributed by atoms with Crippen molar-refractivity contribution in [2.75, 3.05) is 13.6 Å². The summed E-state index contributed by atoms with van der Waals surface area (Å²) in [6, 6.07) is 5.95. The van der Waals surface area contributed by atoms with Crippen LogP contribution in [-0.2, 0) is 11.3 Å². The van der Waals surface area contributed by atoms with E-state index in [1.165, 1.54) is 32.1 Å². The predicted molar refractivity (Wildman–Crippen MR) is 94.9 cm³/mol. The number of likely N-dealkylation sites (N-methyl/N-ethyl adjacent to an activating group) is 1. The van der Waals surface area contributed by atoms with Gasteiger partial charge in [0.25, 0.3) is 0 Å². The Labute approximate surface area is 148 Å². The maximum absolute atomic E-state index is 12.8. The molecule has 1 atom stereocenters. The standard InChI is InChI=1S/C18H24Cl2N2O/c1-21(12-14-15(19)8-5-9-16(14)20)17-10-11-22(18(17)23)13-6-3-2-4-7-13/h5,8-9,13,17H,2-4,6-7,10-12H2,1H3. The minimum Gasteiger partial charge on any atom is -0.338 e. The highest BCUT2D eigenvalue weighted by atomic mass is 35.5. The smallest absolute Gasteiger partial charge is 0.240 e. The zero-order valence-corrected chi connectivity index (χ0v) is 15.1. The molecular formula is C18H24Cl2N2O. The minimum atomic E-state index is -0.0516. The zero-order chi connectivity index (χ0) is 16.4. The van der Waals surface area contributed by atoms with Gasteiger partial charge in [-0.25, -0.2) is 0 Å². The van der Waals surface area contributed by atoms with E-state index in [9.17, 15) is 4.79 Å². The summed E-state index contributed by atoms with van der Waals surface area (Å²) in [6.45, 7) is 1.49. The Bertz CT molecular complexity index is 552. The van der Waals surface area contributed by atoms with Gasteiger partial charge < -0.3 is 4.90 Å². The van der Waals surface area contributed by atoms with Crippen molar-refractivity contribution in [3.8, 4) is 0 Å². The van der Waals surface area contributed by atoms with Crippen LogP contribution in [0.15, 0.2) is 18.2 Å². The van der Waals surface area contributed by atoms with Crippen LogP contribution in [0.2, 0.25) is 10.0 Å². The SMILES string of the molecule is CN(Cc1c(Cl)cccc1Cl)C1CCN(C2CCCCC2)C1=O. The number of amides is 1. The van der Waals surface area contributed by atoms with Crippen molar-refractivity contribution in [1.29, 1.82) is 0 Å². The van der Waals surface area contributed by atoms with E-state index in [0.717, 1.165) is 18.5 Å². The number of rotatable bonds is 4. The van der Waals surface area contributed by atoms with Gasteiger partial charge in [-0.05, 0) is 38.4 Å². The molecule has 0 radical (unpaired) electrons. The number of carbonyl (C=O) groups excluding carboxylic acids is 1.